The highest BCUT2D eigenvalue weighted by Gasteiger charge is 2.23. The fourth-order valence-corrected chi connectivity index (χ4v) is 0.106. The Bertz CT molecular complexity index is 146. The Kier molecular flexibility index (Phi) is 7.08. The summed E-state index contributed by atoms with van der Waals surface area (Å²) in [4.78, 5) is 18.8. The van der Waals surface area contributed by atoms with Gasteiger partial charge in [-0.15, -0.1) is 0 Å². The van der Waals surface area contributed by atoms with E-state index in [-0.39, 0.29) is 0 Å². The number of halogens is 1. The number of rotatable bonds is 2. The largest absolute Gasteiger partial charge is 0.479 e. The lowest BCUT2D eigenvalue weighted by Crippen LogP contribution is -2.24. The summed E-state index contributed by atoms with van der Waals surface area (Å²) in [6.45, 7) is 0. The lowest BCUT2D eigenvalue weighted by atomic mass is 10.4. The van der Waals surface area contributed by atoms with Crippen LogP contribution in [0.1, 0.15) is 0 Å². The van der Waals surface area contributed by atoms with Gasteiger partial charge in [0.1, 0.15) is 0 Å². The number of carbonyl (C=O) groups is 2. The molecule has 0 radical (unpaired) electrons. The zero-order valence-electron chi connectivity index (χ0n) is 5.32. The van der Waals surface area contributed by atoms with Gasteiger partial charge in [0.2, 0.25) is 0 Å². The predicted molar refractivity (Wildman–Crippen MR) is 33.1 cm³/mol. The van der Waals surface area contributed by atoms with Gasteiger partial charge >= 0.3 is 11.9 Å². The Morgan fingerprint density at radius 2 is 1.64 bits per heavy atom. The average molecular weight is 166 g/mol. The van der Waals surface area contributed by atoms with Crippen molar-refractivity contribution in [2.45, 2.75) is 6.17 Å². The second-order valence-corrected chi connectivity index (χ2v) is 1.21. The van der Waals surface area contributed by atoms with E-state index in [0.717, 1.165) is 6.34 Å². The van der Waals surface area contributed by atoms with Gasteiger partial charge in [0.25, 0.3) is 6.17 Å². The van der Waals surface area contributed by atoms with Crippen LogP contribution in [0.4, 0.5) is 4.39 Å². The number of nitrogens with two attached hydrogens (primary N) is 1. The first kappa shape index (κ1) is 12.1. The number of nitrogens with one attached hydrogen (secondary N) is 1. The smallest absolute Gasteiger partial charge is 0.350 e. The zero-order chi connectivity index (χ0) is 9.44. The van der Waals surface area contributed by atoms with Crippen LogP contribution in [0, 0.1) is 5.41 Å². The molecule has 0 fully saturated rings. The first-order valence-corrected chi connectivity index (χ1v) is 2.27. The number of aliphatic carboxylic acids is 2. The van der Waals surface area contributed by atoms with Gasteiger partial charge in [-0.25, -0.2) is 14.0 Å². The molecule has 0 rings (SSSR count). The molecular formula is C4H7FN2O4. The van der Waals surface area contributed by atoms with Crippen LogP contribution in [0.3, 0.4) is 0 Å². The number of carboxylic acids is 2. The molecule has 0 amide bonds. The first-order chi connectivity index (χ1) is 4.97. The third kappa shape index (κ3) is 8.34. The second-order valence-electron chi connectivity index (χ2n) is 1.21. The molecule has 5 N–H and O–H groups in total. The summed E-state index contributed by atoms with van der Waals surface area (Å²) in [5.41, 5.74) is 4.39. The predicted octanol–water partition coefficient (Wildman–Crippen LogP) is -0.954. The van der Waals surface area contributed by atoms with Gasteiger partial charge in [-0.05, 0) is 0 Å². The van der Waals surface area contributed by atoms with E-state index >= 15 is 0 Å². The molecule has 0 saturated carbocycles. The van der Waals surface area contributed by atoms with E-state index in [9.17, 15) is 14.0 Å². The van der Waals surface area contributed by atoms with Crippen molar-refractivity contribution in [3.8, 4) is 0 Å². The minimum absolute atomic E-state index is 0.750. The number of hydrogen-bond acceptors (Lipinski definition) is 3. The summed E-state index contributed by atoms with van der Waals surface area (Å²) in [7, 11) is 0. The van der Waals surface area contributed by atoms with Crippen molar-refractivity contribution in [1.29, 1.82) is 5.41 Å². The van der Waals surface area contributed by atoms with Crippen LogP contribution in [-0.2, 0) is 9.59 Å². The highest BCUT2D eigenvalue weighted by atomic mass is 19.1. The SMILES string of the molecule is N=CN.O=C(O)C(F)C(=O)O. The van der Waals surface area contributed by atoms with Crippen molar-refractivity contribution < 1.29 is 24.2 Å². The van der Waals surface area contributed by atoms with Crippen LogP contribution in [0.5, 0.6) is 0 Å². The van der Waals surface area contributed by atoms with Gasteiger partial charge in [0.05, 0.1) is 6.34 Å². The zero-order valence-corrected chi connectivity index (χ0v) is 5.32. The maximum Gasteiger partial charge on any atom is 0.350 e. The van der Waals surface area contributed by atoms with E-state index in [4.69, 9.17) is 15.6 Å². The van der Waals surface area contributed by atoms with E-state index in [1.54, 1.807) is 0 Å². The molecule has 0 saturated heterocycles. The minimum atomic E-state index is -2.80. The molecule has 0 unspecified atom stereocenters. The molecule has 0 bridgehead atoms. The minimum Gasteiger partial charge on any atom is -0.479 e. The Labute approximate surface area is 60.9 Å². The molecule has 0 heterocycles. The summed E-state index contributed by atoms with van der Waals surface area (Å²) in [5, 5.41) is 21.1. The van der Waals surface area contributed by atoms with Crippen LogP contribution in [0.25, 0.3) is 0 Å². The van der Waals surface area contributed by atoms with E-state index in [1.165, 1.54) is 0 Å². The second kappa shape index (κ2) is 6.46. The average Bonchev–Trinajstić information content (AvgIpc) is 1.87. The topological polar surface area (TPSA) is 124 Å². The summed E-state index contributed by atoms with van der Waals surface area (Å²) in [6.07, 6.45) is -2.05. The molecule has 7 heteroatoms. The van der Waals surface area contributed by atoms with E-state index in [0.29, 0.717) is 0 Å². The summed E-state index contributed by atoms with van der Waals surface area (Å²) in [6, 6.07) is 0. The molecule has 0 aliphatic carbocycles. The van der Waals surface area contributed by atoms with Gasteiger partial charge in [-0.2, -0.15) is 0 Å². The molecule has 6 nitrogen and oxygen atoms in total. The van der Waals surface area contributed by atoms with Crippen molar-refractivity contribution in [3.63, 3.8) is 0 Å². The van der Waals surface area contributed by atoms with Crippen LogP contribution in [0.2, 0.25) is 0 Å². The van der Waals surface area contributed by atoms with E-state index in [2.05, 4.69) is 5.73 Å². The summed E-state index contributed by atoms with van der Waals surface area (Å²) >= 11 is 0. The maximum atomic E-state index is 11.4. The molecule has 11 heavy (non-hydrogen) atoms. The fourth-order valence-electron chi connectivity index (χ4n) is 0.106. The third-order valence-corrected chi connectivity index (χ3v) is 0.434. The molecule has 0 aliphatic heterocycles. The van der Waals surface area contributed by atoms with Crippen molar-refractivity contribution in [1.82, 2.24) is 0 Å². The van der Waals surface area contributed by atoms with Crippen LogP contribution < -0.4 is 5.73 Å². The number of carboxylic acid groups (broad SMARTS) is 2. The number of hydrogen-bond donors (Lipinski definition) is 4. The van der Waals surface area contributed by atoms with Crippen molar-refractivity contribution in [2.75, 3.05) is 0 Å². The molecule has 0 aromatic rings. The highest BCUT2D eigenvalue weighted by molar-refractivity contribution is 5.95. The van der Waals surface area contributed by atoms with Crippen molar-refractivity contribution in [2.24, 2.45) is 5.73 Å². The Morgan fingerprint density at radius 1 is 1.45 bits per heavy atom. The van der Waals surface area contributed by atoms with Gasteiger partial charge in [-0.1, -0.05) is 0 Å². The van der Waals surface area contributed by atoms with Crippen molar-refractivity contribution in [3.05, 3.63) is 0 Å². The maximum absolute atomic E-state index is 11.4. The molecule has 64 valence electrons. The van der Waals surface area contributed by atoms with Crippen LogP contribution in [0.15, 0.2) is 0 Å². The number of alkyl halides is 1. The van der Waals surface area contributed by atoms with E-state index < -0.39 is 18.1 Å². The molecule has 0 aliphatic rings. The lowest BCUT2D eigenvalue weighted by Gasteiger charge is -1.90. The molecule has 0 aromatic carbocycles. The Hall–Kier alpha value is -1.66. The summed E-state index contributed by atoms with van der Waals surface area (Å²) < 4.78 is 11.4. The molecule has 0 aromatic heterocycles. The van der Waals surface area contributed by atoms with Gasteiger partial charge < -0.3 is 15.9 Å². The first-order valence-electron chi connectivity index (χ1n) is 2.27. The third-order valence-electron chi connectivity index (χ3n) is 0.434. The van der Waals surface area contributed by atoms with Gasteiger partial charge in [-0.3, -0.25) is 5.41 Å². The normalized spacial score (nSPS) is 7.82. The van der Waals surface area contributed by atoms with Gasteiger partial charge in [0, 0.05) is 0 Å². The van der Waals surface area contributed by atoms with Crippen LogP contribution in [-0.4, -0.2) is 34.7 Å². The van der Waals surface area contributed by atoms with Gasteiger partial charge in [0.15, 0.2) is 0 Å². The summed E-state index contributed by atoms with van der Waals surface area (Å²) in [5.74, 6) is -3.95. The fraction of sp³-hybridized carbons (Fsp3) is 0.250. The molecule has 0 spiro atoms. The highest BCUT2D eigenvalue weighted by Crippen LogP contribution is 1.88. The Balaban J connectivity index is 0. The Morgan fingerprint density at radius 3 is 1.64 bits per heavy atom. The standard InChI is InChI=1S/C3H3FO4.CH4N2/c4-1(2(5)6)3(7)8;2-1-3/h1H,(H,5,6)(H,7,8);1H,(H3,2,3). The molecular weight excluding hydrogens is 159 g/mol. The lowest BCUT2D eigenvalue weighted by molar-refractivity contribution is -0.155. The molecule has 0 atom stereocenters. The quantitative estimate of drug-likeness (QED) is 0.239. The monoisotopic (exact) mass is 166 g/mol. The van der Waals surface area contributed by atoms with Crippen LogP contribution >= 0.6 is 0 Å². The van der Waals surface area contributed by atoms with E-state index in [1.807, 2.05) is 0 Å². The van der Waals surface area contributed by atoms with Crippen molar-refractivity contribution >= 4 is 18.3 Å².